The van der Waals surface area contributed by atoms with Crippen LogP contribution in [0.15, 0.2) is 60.3 Å². The molecule has 4 rings (SSSR count). The zero-order valence-electron chi connectivity index (χ0n) is 21.8. The Hall–Kier alpha value is -4.11. The average Bonchev–Trinajstić information content (AvgIpc) is 3.40. The number of para-hydroxylation sites is 2. The van der Waals surface area contributed by atoms with Gasteiger partial charge in [-0.25, -0.2) is 4.68 Å². The Morgan fingerprint density at radius 2 is 1.78 bits per heavy atom. The van der Waals surface area contributed by atoms with E-state index in [1.54, 1.807) is 22.9 Å². The SMILES string of the molecule is COc1cccc([C@@H]2/C(=C(\O)c3cnn(-c4ccccc4)c3C)C(=O)C(=O)N2CCCN(C)C)c1OC. The summed E-state index contributed by atoms with van der Waals surface area (Å²) in [6.45, 7) is 2.87. The minimum Gasteiger partial charge on any atom is -0.507 e. The lowest BCUT2D eigenvalue weighted by atomic mass is 9.94. The number of Topliss-reactive ketones (excluding diaryl/α,β-unsaturated/α-hetero) is 1. The molecule has 0 saturated carbocycles. The van der Waals surface area contributed by atoms with Crippen LogP contribution in [-0.2, 0) is 9.59 Å². The first kappa shape index (κ1) is 26.0. The van der Waals surface area contributed by atoms with Crippen LogP contribution in [0.4, 0.5) is 0 Å². The van der Waals surface area contributed by atoms with E-state index in [1.807, 2.05) is 56.3 Å². The minimum atomic E-state index is -0.855. The second-order valence-corrected chi connectivity index (χ2v) is 9.12. The molecule has 1 saturated heterocycles. The smallest absolute Gasteiger partial charge is 0.295 e. The molecule has 9 heteroatoms. The van der Waals surface area contributed by atoms with E-state index in [9.17, 15) is 14.7 Å². The van der Waals surface area contributed by atoms with Crippen molar-refractivity contribution >= 4 is 17.4 Å². The van der Waals surface area contributed by atoms with E-state index >= 15 is 0 Å². The van der Waals surface area contributed by atoms with Gasteiger partial charge in [-0.05, 0) is 52.2 Å². The molecule has 0 bridgehead atoms. The van der Waals surface area contributed by atoms with Gasteiger partial charge in [-0.3, -0.25) is 9.59 Å². The van der Waals surface area contributed by atoms with E-state index in [2.05, 4.69) is 5.10 Å². The van der Waals surface area contributed by atoms with Crippen LogP contribution < -0.4 is 9.47 Å². The first-order valence-corrected chi connectivity index (χ1v) is 12.0. The number of hydrogen-bond acceptors (Lipinski definition) is 7. The molecule has 9 nitrogen and oxygen atoms in total. The molecule has 37 heavy (non-hydrogen) atoms. The highest BCUT2D eigenvalue weighted by Crippen LogP contribution is 2.45. The first-order valence-electron chi connectivity index (χ1n) is 12.0. The van der Waals surface area contributed by atoms with Crippen LogP contribution in [0, 0.1) is 6.92 Å². The summed E-state index contributed by atoms with van der Waals surface area (Å²) in [5.41, 5.74) is 2.38. The first-order chi connectivity index (χ1) is 17.8. The molecular weight excluding hydrogens is 472 g/mol. The molecule has 1 amide bonds. The molecule has 2 aromatic carbocycles. The van der Waals surface area contributed by atoms with Crippen LogP contribution in [0.3, 0.4) is 0 Å². The molecule has 1 aliphatic heterocycles. The quantitative estimate of drug-likeness (QED) is 0.270. The van der Waals surface area contributed by atoms with Crippen molar-refractivity contribution in [3.8, 4) is 17.2 Å². The molecule has 3 aromatic rings. The molecule has 1 N–H and O–H groups in total. The van der Waals surface area contributed by atoms with Gasteiger partial charge in [-0.1, -0.05) is 30.3 Å². The summed E-state index contributed by atoms with van der Waals surface area (Å²) in [4.78, 5) is 30.3. The summed E-state index contributed by atoms with van der Waals surface area (Å²) in [6.07, 6.45) is 2.16. The molecule has 1 aromatic heterocycles. The second kappa shape index (κ2) is 10.9. The third-order valence-corrected chi connectivity index (χ3v) is 6.54. The summed E-state index contributed by atoms with van der Waals surface area (Å²) in [5, 5.41) is 16.0. The molecule has 1 atom stereocenters. The van der Waals surface area contributed by atoms with E-state index in [1.165, 1.54) is 25.3 Å². The maximum atomic E-state index is 13.4. The summed E-state index contributed by atoms with van der Waals surface area (Å²) in [6, 6.07) is 13.9. The van der Waals surface area contributed by atoms with Crippen LogP contribution in [-0.4, -0.2) is 77.8 Å². The lowest BCUT2D eigenvalue weighted by Gasteiger charge is -2.27. The van der Waals surface area contributed by atoms with Gasteiger partial charge in [0.15, 0.2) is 11.5 Å². The monoisotopic (exact) mass is 504 g/mol. The Morgan fingerprint density at radius 1 is 1.05 bits per heavy atom. The number of carbonyl (C=O) groups is 2. The number of aromatic nitrogens is 2. The van der Waals surface area contributed by atoms with Crippen molar-refractivity contribution in [1.82, 2.24) is 19.6 Å². The van der Waals surface area contributed by atoms with E-state index in [4.69, 9.17) is 9.47 Å². The van der Waals surface area contributed by atoms with Crippen LogP contribution in [0.2, 0.25) is 0 Å². The van der Waals surface area contributed by atoms with Crippen molar-refractivity contribution in [2.75, 3.05) is 41.4 Å². The number of aliphatic hydroxyl groups excluding tert-OH is 1. The van der Waals surface area contributed by atoms with E-state index in [-0.39, 0.29) is 11.3 Å². The second-order valence-electron chi connectivity index (χ2n) is 9.12. The molecule has 1 fully saturated rings. The van der Waals surface area contributed by atoms with Crippen LogP contribution in [0.1, 0.15) is 29.3 Å². The van der Waals surface area contributed by atoms with Gasteiger partial charge in [-0.2, -0.15) is 5.10 Å². The molecule has 0 aliphatic carbocycles. The summed E-state index contributed by atoms with van der Waals surface area (Å²) < 4.78 is 12.8. The van der Waals surface area contributed by atoms with E-state index in [0.717, 1.165) is 12.2 Å². The normalized spacial score (nSPS) is 17.0. The summed E-state index contributed by atoms with van der Waals surface area (Å²) in [7, 11) is 6.93. The Balaban J connectivity index is 1.88. The average molecular weight is 505 g/mol. The van der Waals surface area contributed by atoms with Crippen molar-refractivity contribution in [1.29, 1.82) is 0 Å². The van der Waals surface area contributed by atoms with Crippen molar-refractivity contribution in [3.63, 3.8) is 0 Å². The van der Waals surface area contributed by atoms with Gasteiger partial charge in [0.1, 0.15) is 5.76 Å². The maximum absolute atomic E-state index is 13.4. The molecule has 194 valence electrons. The maximum Gasteiger partial charge on any atom is 0.295 e. The lowest BCUT2D eigenvalue weighted by molar-refractivity contribution is -0.140. The number of rotatable bonds is 9. The van der Waals surface area contributed by atoms with Gasteiger partial charge >= 0.3 is 0 Å². The molecule has 0 unspecified atom stereocenters. The number of amides is 1. The highest BCUT2D eigenvalue weighted by atomic mass is 16.5. The lowest BCUT2D eigenvalue weighted by Crippen LogP contribution is -2.32. The predicted molar refractivity (Wildman–Crippen MR) is 140 cm³/mol. The van der Waals surface area contributed by atoms with Gasteiger partial charge in [0.25, 0.3) is 11.7 Å². The number of ether oxygens (including phenoxy) is 2. The Kier molecular flexibility index (Phi) is 7.63. The minimum absolute atomic E-state index is 0.00267. The van der Waals surface area contributed by atoms with Crippen LogP contribution in [0.5, 0.6) is 11.5 Å². The number of benzene rings is 2. The topological polar surface area (TPSA) is 97.1 Å². The largest absolute Gasteiger partial charge is 0.507 e. The number of nitrogens with zero attached hydrogens (tertiary/aromatic N) is 4. The molecule has 2 heterocycles. The van der Waals surface area contributed by atoms with E-state index in [0.29, 0.717) is 41.3 Å². The highest BCUT2D eigenvalue weighted by molar-refractivity contribution is 6.46. The van der Waals surface area contributed by atoms with Gasteiger partial charge in [0, 0.05) is 12.1 Å². The van der Waals surface area contributed by atoms with Gasteiger partial charge in [0.2, 0.25) is 0 Å². The molecule has 0 radical (unpaired) electrons. The fraction of sp³-hybridized carbons (Fsp3) is 0.321. The molecule has 0 spiro atoms. The molecular formula is C28H32N4O5. The van der Waals surface area contributed by atoms with Crippen molar-refractivity contribution < 1.29 is 24.2 Å². The Labute approximate surface area is 216 Å². The van der Waals surface area contributed by atoms with Gasteiger partial charge < -0.3 is 24.4 Å². The zero-order valence-corrected chi connectivity index (χ0v) is 21.8. The van der Waals surface area contributed by atoms with Crippen LogP contribution >= 0.6 is 0 Å². The third kappa shape index (κ3) is 4.82. The van der Waals surface area contributed by atoms with E-state index < -0.39 is 17.7 Å². The van der Waals surface area contributed by atoms with Gasteiger partial charge in [0.05, 0.1) is 49.0 Å². The van der Waals surface area contributed by atoms with Crippen LogP contribution in [0.25, 0.3) is 11.4 Å². The zero-order chi connectivity index (χ0) is 26.7. The Morgan fingerprint density at radius 3 is 2.43 bits per heavy atom. The van der Waals surface area contributed by atoms with Gasteiger partial charge in [-0.15, -0.1) is 0 Å². The van der Waals surface area contributed by atoms with Crippen molar-refractivity contribution in [2.45, 2.75) is 19.4 Å². The summed E-state index contributed by atoms with van der Waals surface area (Å²) in [5.74, 6) is -0.820. The highest BCUT2D eigenvalue weighted by Gasteiger charge is 2.47. The number of carbonyl (C=O) groups excluding carboxylic acids is 2. The van der Waals surface area contributed by atoms with Crippen molar-refractivity contribution in [3.05, 3.63) is 77.1 Å². The predicted octanol–water partition coefficient (Wildman–Crippen LogP) is 3.57. The summed E-state index contributed by atoms with van der Waals surface area (Å²) >= 11 is 0. The number of aliphatic hydroxyl groups is 1. The number of ketones is 1. The number of methoxy groups -OCH3 is 2. The molecule has 1 aliphatic rings. The fourth-order valence-electron chi connectivity index (χ4n) is 4.74. The third-order valence-electron chi connectivity index (χ3n) is 6.54. The van der Waals surface area contributed by atoms with Crippen molar-refractivity contribution in [2.24, 2.45) is 0 Å². The number of likely N-dealkylation sites (tertiary alicyclic amines) is 1. The standard InChI is InChI=1S/C28H32N4O5/c1-18-21(17-29-32(18)19-11-7-6-8-12-19)25(33)23-24(20-13-9-14-22(36-4)27(20)37-5)31(28(35)26(23)34)16-10-15-30(2)3/h6-9,11-14,17,24,33H,10,15-16H2,1-5H3/b25-23+/t24-/m1/s1. The fourth-order valence-corrected chi connectivity index (χ4v) is 4.74. The number of hydrogen-bond donors (Lipinski definition) is 1. The Bertz CT molecular complexity index is 1330.